The predicted octanol–water partition coefficient (Wildman–Crippen LogP) is 0.979. The van der Waals surface area contributed by atoms with E-state index in [0.717, 1.165) is 37.7 Å². The summed E-state index contributed by atoms with van der Waals surface area (Å²) in [6.07, 6.45) is 0.915. The van der Waals surface area contributed by atoms with Gasteiger partial charge in [-0.15, -0.1) is 0 Å². The monoisotopic (exact) mass is 279 g/mol. The summed E-state index contributed by atoms with van der Waals surface area (Å²) >= 11 is 0. The lowest BCUT2D eigenvalue weighted by atomic mass is 10.3. The molecule has 1 rings (SSSR count). The third-order valence-electron chi connectivity index (χ3n) is 2.64. The highest BCUT2D eigenvalue weighted by Crippen LogP contribution is 2.08. The first-order valence-corrected chi connectivity index (χ1v) is 6.88. The van der Waals surface area contributed by atoms with Crippen molar-refractivity contribution >= 4 is 11.8 Å². The smallest absolute Gasteiger partial charge is 0.188 e. The molecule has 1 aromatic rings. The third kappa shape index (κ3) is 6.38. The highest BCUT2D eigenvalue weighted by Gasteiger charge is 1.99. The summed E-state index contributed by atoms with van der Waals surface area (Å²) in [5, 5.41) is 3.06. The van der Waals surface area contributed by atoms with E-state index in [4.69, 9.17) is 10.5 Å². The van der Waals surface area contributed by atoms with Crippen LogP contribution in [0.25, 0.3) is 0 Å². The number of nitrogens with two attached hydrogens (primary N) is 1. The molecular weight excluding hydrogens is 254 g/mol. The van der Waals surface area contributed by atoms with Crippen LogP contribution < -0.4 is 16.0 Å². The molecule has 0 amide bonds. The van der Waals surface area contributed by atoms with Gasteiger partial charge in [0.2, 0.25) is 0 Å². The molecule has 0 spiro atoms. The van der Waals surface area contributed by atoms with E-state index in [2.05, 4.69) is 15.3 Å². The Bertz CT molecular complexity index is 420. The maximum absolute atomic E-state index is 5.79. The zero-order valence-electron chi connectivity index (χ0n) is 12.6. The fourth-order valence-electron chi connectivity index (χ4n) is 1.56. The largest absolute Gasteiger partial charge is 0.382 e. The molecule has 0 unspecified atom stereocenters. The van der Waals surface area contributed by atoms with Gasteiger partial charge in [0, 0.05) is 33.9 Å². The maximum Gasteiger partial charge on any atom is 0.188 e. The Kier molecular flexibility index (Phi) is 7.42. The van der Waals surface area contributed by atoms with Crippen molar-refractivity contribution in [2.45, 2.75) is 19.9 Å². The fourth-order valence-corrected chi connectivity index (χ4v) is 1.56. The number of pyridine rings is 1. The van der Waals surface area contributed by atoms with E-state index < -0.39 is 0 Å². The Morgan fingerprint density at radius 1 is 1.45 bits per heavy atom. The first-order chi connectivity index (χ1) is 9.63. The van der Waals surface area contributed by atoms with Crippen LogP contribution in [-0.4, -0.2) is 44.8 Å². The maximum atomic E-state index is 5.79. The number of anilines is 1. The van der Waals surface area contributed by atoms with Crippen molar-refractivity contribution in [3.63, 3.8) is 0 Å². The van der Waals surface area contributed by atoms with E-state index in [9.17, 15) is 0 Å². The van der Waals surface area contributed by atoms with Crippen molar-refractivity contribution < 1.29 is 4.74 Å². The lowest BCUT2D eigenvalue weighted by Gasteiger charge is -2.11. The molecule has 1 heterocycles. The summed E-state index contributed by atoms with van der Waals surface area (Å²) in [7, 11) is 3.92. The van der Waals surface area contributed by atoms with Crippen LogP contribution in [0.4, 0.5) is 5.82 Å². The van der Waals surface area contributed by atoms with Crippen molar-refractivity contribution in [3.8, 4) is 0 Å². The van der Waals surface area contributed by atoms with Crippen LogP contribution >= 0.6 is 0 Å². The molecule has 0 aliphatic rings. The molecule has 0 radical (unpaired) electrons. The first-order valence-electron chi connectivity index (χ1n) is 6.88. The summed E-state index contributed by atoms with van der Waals surface area (Å²) in [6.45, 7) is 4.71. The van der Waals surface area contributed by atoms with Gasteiger partial charge in [0.05, 0.1) is 12.2 Å². The highest BCUT2D eigenvalue weighted by atomic mass is 16.5. The van der Waals surface area contributed by atoms with Crippen LogP contribution in [0.3, 0.4) is 0 Å². The normalized spacial score (nSPS) is 11.4. The minimum atomic E-state index is 0.443. The van der Waals surface area contributed by atoms with Crippen LogP contribution in [-0.2, 0) is 11.3 Å². The van der Waals surface area contributed by atoms with Crippen molar-refractivity contribution in [2.24, 2.45) is 10.7 Å². The number of rotatable bonds is 8. The number of aromatic nitrogens is 1. The van der Waals surface area contributed by atoms with E-state index in [0.29, 0.717) is 12.5 Å². The number of hydrogen-bond donors (Lipinski definition) is 2. The average Bonchev–Trinajstić information content (AvgIpc) is 2.45. The molecule has 20 heavy (non-hydrogen) atoms. The number of hydrogen-bond acceptors (Lipinski definition) is 4. The fraction of sp³-hybridized carbons (Fsp3) is 0.571. The number of aliphatic imine (C=N–C) groups is 1. The molecule has 112 valence electrons. The molecule has 0 aromatic carbocycles. The van der Waals surface area contributed by atoms with Crippen LogP contribution in [0, 0.1) is 0 Å². The minimum Gasteiger partial charge on any atom is -0.382 e. The van der Waals surface area contributed by atoms with Gasteiger partial charge in [-0.1, -0.05) is 6.07 Å². The lowest BCUT2D eigenvalue weighted by Crippen LogP contribution is -2.32. The Balaban J connectivity index is 2.36. The van der Waals surface area contributed by atoms with Gasteiger partial charge in [0.1, 0.15) is 5.82 Å². The second-order valence-corrected chi connectivity index (χ2v) is 4.56. The molecule has 0 fully saturated rings. The Morgan fingerprint density at radius 2 is 2.25 bits per heavy atom. The van der Waals surface area contributed by atoms with Crippen molar-refractivity contribution in [1.29, 1.82) is 0 Å². The number of guanidine groups is 1. The molecule has 0 aliphatic carbocycles. The highest BCUT2D eigenvalue weighted by molar-refractivity contribution is 5.77. The Morgan fingerprint density at radius 3 is 2.95 bits per heavy atom. The summed E-state index contributed by atoms with van der Waals surface area (Å²) in [5.74, 6) is 1.36. The molecule has 3 N–H and O–H groups in total. The van der Waals surface area contributed by atoms with Gasteiger partial charge in [-0.3, -0.25) is 0 Å². The van der Waals surface area contributed by atoms with Crippen molar-refractivity contribution in [1.82, 2.24) is 10.3 Å². The Hall–Kier alpha value is -1.82. The lowest BCUT2D eigenvalue weighted by molar-refractivity contribution is 0.145. The molecular formula is C14H25N5O. The molecule has 6 heteroatoms. The average molecular weight is 279 g/mol. The van der Waals surface area contributed by atoms with Crippen LogP contribution in [0.2, 0.25) is 0 Å². The number of ether oxygens (including phenoxy) is 1. The van der Waals surface area contributed by atoms with Crippen LogP contribution in [0.1, 0.15) is 19.0 Å². The second kappa shape index (κ2) is 9.14. The van der Waals surface area contributed by atoms with Gasteiger partial charge in [-0.2, -0.15) is 0 Å². The summed E-state index contributed by atoms with van der Waals surface area (Å²) < 4.78 is 5.24. The third-order valence-corrected chi connectivity index (χ3v) is 2.64. The SMILES string of the molecule is CCOCCCNC(N)=NCc1cccc(N(C)C)n1. The predicted molar refractivity (Wildman–Crippen MR) is 83.0 cm³/mol. The first kappa shape index (κ1) is 16.2. The quantitative estimate of drug-likeness (QED) is 0.421. The van der Waals surface area contributed by atoms with Gasteiger partial charge in [-0.05, 0) is 25.5 Å². The van der Waals surface area contributed by atoms with Crippen molar-refractivity contribution in [3.05, 3.63) is 23.9 Å². The summed E-state index contributed by atoms with van der Waals surface area (Å²) in [5.41, 5.74) is 6.69. The van der Waals surface area contributed by atoms with E-state index in [1.54, 1.807) is 0 Å². The van der Waals surface area contributed by atoms with Crippen LogP contribution in [0.15, 0.2) is 23.2 Å². The van der Waals surface area contributed by atoms with E-state index >= 15 is 0 Å². The zero-order valence-corrected chi connectivity index (χ0v) is 12.6. The molecule has 6 nitrogen and oxygen atoms in total. The number of nitrogens with zero attached hydrogens (tertiary/aromatic N) is 3. The molecule has 0 bridgehead atoms. The molecule has 0 atom stereocenters. The van der Waals surface area contributed by atoms with Gasteiger partial charge in [0.15, 0.2) is 5.96 Å². The standard InChI is InChI=1S/C14H25N5O/c1-4-20-10-6-9-16-14(15)17-11-12-7-5-8-13(18-12)19(2)3/h5,7-8H,4,6,9-11H2,1-3H3,(H3,15,16,17). The van der Waals surface area contributed by atoms with E-state index in [-0.39, 0.29) is 0 Å². The Labute approximate surface area is 121 Å². The van der Waals surface area contributed by atoms with Gasteiger partial charge in [0.25, 0.3) is 0 Å². The number of nitrogens with one attached hydrogen (secondary N) is 1. The molecule has 0 saturated carbocycles. The second-order valence-electron chi connectivity index (χ2n) is 4.56. The van der Waals surface area contributed by atoms with Gasteiger partial charge < -0.3 is 20.7 Å². The topological polar surface area (TPSA) is 75.8 Å². The minimum absolute atomic E-state index is 0.443. The van der Waals surface area contributed by atoms with Crippen LogP contribution in [0.5, 0.6) is 0 Å². The molecule has 0 saturated heterocycles. The molecule has 0 aliphatic heterocycles. The van der Waals surface area contributed by atoms with E-state index in [1.165, 1.54) is 0 Å². The van der Waals surface area contributed by atoms with Gasteiger partial charge >= 0.3 is 0 Å². The van der Waals surface area contributed by atoms with Gasteiger partial charge in [-0.25, -0.2) is 9.98 Å². The van der Waals surface area contributed by atoms with E-state index in [1.807, 2.05) is 44.1 Å². The summed E-state index contributed by atoms with van der Waals surface area (Å²) in [6, 6.07) is 5.88. The summed E-state index contributed by atoms with van der Waals surface area (Å²) in [4.78, 5) is 10.7. The van der Waals surface area contributed by atoms with Crippen molar-refractivity contribution in [2.75, 3.05) is 38.8 Å². The zero-order chi connectivity index (χ0) is 14.8. The molecule has 1 aromatic heterocycles.